The topological polar surface area (TPSA) is 43.3 Å². The second-order valence-electron chi connectivity index (χ2n) is 7.69. The van der Waals surface area contributed by atoms with Gasteiger partial charge in [-0.15, -0.1) is 0 Å². The van der Waals surface area contributed by atoms with Crippen LogP contribution in [-0.2, 0) is 0 Å². The minimum absolute atomic E-state index is 0.0775. The second-order valence-corrected chi connectivity index (χ2v) is 7.69. The van der Waals surface area contributed by atoms with E-state index in [1.54, 1.807) is 0 Å². The molecule has 0 bridgehead atoms. The van der Waals surface area contributed by atoms with Gasteiger partial charge in [0.15, 0.2) is 23.1 Å². The fraction of sp³-hybridized carbons (Fsp3) is 0.208. The molecule has 5 nitrogen and oxygen atoms in total. The number of ether oxygens (including phenoxy) is 3. The molecule has 3 aromatic carbocycles. The summed E-state index contributed by atoms with van der Waals surface area (Å²) in [6, 6.07) is 17.3. The van der Waals surface area contributed by atoms with Crippen molar-refractivity contribution in [3.63, 3.8) is 0 Å². The van der Waals surface area contributed by atoms with Crippen LogP contribution in [0.3, 0.4) is 0 Å². The van der Waals surface area contributed by atoms with Gasteiger partial charge < -0.3 is 14.2 Å². The lowest BCUT2D eigenvalue weighted by Crippen LogP contribution is -2.33. The van der Waals surface area contributed by atoms with Crippen molar-refractivity contribution >= 4 is 5.71 Å². The minimum Gasteiger partial charge on any atom is -0.486 e. The largest absolute Gasteiger partial charge is 0.486 e. The van der Waals surface area contributed by atoms with Gasteiger partial charge in [-0.1, -0.05) is 24.3 Å². The fourth-order valence-electron chi connectivity index (χ4n) is 4.32. The van der Waals surface area contributed by atoms with Crippen molar-refractivity contribution < 1.29 is 23.0 Å². The summed E-state index contributed by atoms with van der Waals surface area (Å²) >= 11 is 0. The third kappa shape index (κ3) is 3.00. The monoisotopic (exact) mass is 420 g/mol. The zero-order chi connectivity index (χ0) is 20.9. The van der Waals surface area contributed by atoms with Crippen LogP contribution in [0.1, 0.15) is 35.4 Å². The van der Waals surface area contributed by atoms with E-state index in [0.717, 1.165) is 34.4 Å². The molecular formula is C24H18F2N2O3. The van der Waals surface area contributed by atoms with Crippen LogP contribution >= 0.6 is 0 Å². The van der Waals surface area contributed by atoms with E-state index in [4.69, 9.17) is 19.3 Å². The second kappa shape index (κ2) is 6.97. The first-order valence-electron chi connectivity index (χ1n) is 10.1. The van der Waals surface area contributed by atoms with Crippen LogP contribution in [0, 0.1) is 11.6 Å². The van der Waals surface area contributed by atoms with Gasteiger partial charge >= 0.3 is 0 Å². The van der Waals surface area contributed by atoms with Gasteiger partial charge in [-0.25, -0.2) is 13.8 Å². The molecule has 3 heterocycles. The Balaban J connectivity index is 1.42. The van der Waals surface area contributed by atoms with E-state index >= 15 is 0 Å². The lowest BCUT2D eigenvalue weighted by molar-refractivity contribution is -0.0192. The van der Waals surface area contributed by atoms with E-state index in [1.165, 1.54) is 12.1 Å². The number of halogens is 2. The van der Waals surface area contributed by atoms with Crippen LogP contribution in [-0.4, -0.2) is 23.9 Å². The van der Waals surface area contributed by atoms with Crippen molar-refractivity contribution in [1.82, 2.24) is 5.01 Å². The molecule has 156 valence electrons. The molecule has 0 N–H and O–H groups in total. The predicted molar refractivity (Wildman–Crippen MR) is 109 cm³/mol. The summed E-state index contributed by atoms with van der Waals surface area (Å²) < 4.78 is 45.0. The Morgan fingerprint density at radius 2 is 1.68 bits per heavy atom. The maximum atomic E-state index is 14.0. The van der Waals surface area contributed by atoms with Crippen LogP contribution < -0.4 is 14.2 Å². The molecule has 0 spiro atoms. The molecular weight excluding hydrogens is 402 g/mol. The first-order chi connectivity index (χ1) is 15.2. The molecule has 0 fully saturated rings. The third-order valence-electron chi connectivity index (χ3n) is 5.80. The van der Waals surface area contributed by atoms with Gasteiger partial charge in [-0.05, 0) is 36.4 Å². The highest BCUT2D eigenvalue weighted by molar-refractivity contribution is 6.02. The Kier molecular flexibility index (Phi) is 4.09. The number of benzene rings is 3. The molecule has 7 heteroatoms. The minimum atomic E-state index is -0.910. The molecule has 0 aliphatic carbocycles. The lowest BCUT2D eigenvalue weighted by atomic mass is 9.95. The zero-order valence-corrected chi connectivity index (χ0v) is 16.4. The van der Waals surface area contributed by atoms with Crippen molar-refractivity contribution in [3.8, 4) is 17.2 Å². The summed E-state index contributed by atoms with van der Waals surface area (Å²) in [4.78, 5) is 0. The van der Waals surface area contributed by atoms with Gasteiger partial charge in [0.1, 0.15) is 19.0 Å². The number of hydrazone groups is 1. The summed E-state index contributed by atoms with van der Waals surface area (Å²) in [5.41, 5.74) is 3.32. The molecule has 3 aliphatic rings. The van der Waals surface area contributed by atoms with Crippen LogP contribution in [0.4, 0.5) is 8.78 Å². The number of nitrogens with zero attached hydrogens (tertiary/aromatic N) is 2. The van der Waals surface area contributed by atoms with Crippen molar-refractivity contribution in [2.45, 2.75) is 18.7 Å². The molecule has 3 aliphatic heterocycles. The zero-order valence-electron chi connectivity index (χ0n) is 16.4. The number of para-hydroxylation sites is 1. The van der Waals surface area contributed by atoms with E-state index in [2.05, 4.69) is 0 Å². The SMILES string of the molecule is Fc1ccc(C2Oc3ccccc3C3CC(c4ccc5c(c4)OCCO5)=NN32)cc1F. The van der Waals surface area contributed by atoms with Crippen molar-refractivity contribution in [2.75, 3.05) is 13.2 Å². The summed E-state index contributed by atoms with van der Waals surface area (Å²) in [5, 5.41) is 6.68. The van der Waals surface area contributed by atoms with Crippen LogP contribution in [0.2, 0.25) is 0 Å². The van der Waals surface area contributed by atoms with E-state index in [1.807, 2.05) is 47.5 Å². The van der Waals surface area contributed by atoms with E-state index in [9.17, 15) is 8.78 Å². The average molecular weight is 420 g/mol. The maximum Gasteiger partial charge on any atom is 0.213 e. The molecule has 3 aromatic rings. The van der Waals surface area contributed by atoms with Crippen molar-refractivity contribution in [1.29, 1.82) is 0 Å². The van der Waals surface area contributed by atoms with Gasteiger partial charge in [0.25, 0.3) is 0 Å². The van der Waals surface area contributed by atoms with E-state index in [-0.39, 0.29) is 6.04 Å². The Morgan fingerprint density at radius 1 is 0.839 bits per heavy atom. The number of rotatable bonds is 2. The first kappa shape index (κ1) is 18.2. The highest BCUT2D eigenvalue weighted by Gasteiger charge is 2.41. The molecule has 6 rings (SSSR count). The molecule has 0 saturated carbocycles. The van der Waals surface area contributed by atoms with Gasteiger partial charge in [0.2, 0.25) is 6.23 Å². The first-order valence-corrected chi connectivity index (χ1v) is 10.1. The molecule has 0 saturated heterocycles. The lowest BCUT2D eigenvalue weighted by Gasteiger charge is -2.38. The number of hydrogen-bond acceptors (Lipinski definition) is 5. The third-order valence-corrected chi connectivity index (χ3v) is 5.80. The maximum absolute atomic E-state index is 14.0. The molecule has 0 aromatic heterocycles. The molecule has 0 radical (unpaired) electrons. The Morgan fingerprint density at radius 3 is 2.55 bits per heavy atom. The standard InChI is InChI=1S/C24H18F2N2O3/c25-17-7-5-15(11-18(17)26)24-28-20(16-3-1-2-4-21(16)31-24)13-19(27-28)14-6-8-22-23(12-14)30-10-9-29-22/h1-8,11-12,20,24H,9-10,13H2. The van der Waals surface area contributed by atoms with Crippen LogP contribution in [0.15, 0.2) is 65.8 Å². The van der Waals surface area contributed by atoms with Crippen molar-refractivity contribution in [3.05, 3.63) is 89.0 Å². The van der Waals surface area contributed by atoms with E-state index < -0.39 is 17.9 Å². The van der Waals surface area contributed by atoms with E-state index in [0.29, 0.717) is 30.9 Å². The van der Waals surface area contributed by atoms with Gasteiger partial charge in [-0.2, -0.15) is 5.10 Å². The fourth-order valence-corrected chi connectivity index (χ4v) is 4.32. The predicted octanol–water partition coefficient (Wildman–Crippen LogP) is 4.98. The normalized spacial score (nSPS) is 21.1. The van der Waals surface area contributed by atoms with Gasteiger partial charge in [-0.3, -0.25) is 0 Å². The highest BCUT2D eigenvalue weighted by Crippen LogP contribution is 2.47. The highest BCUT2D eigenvalue weighted by atomic mass is 19.2. The Hall–Kier alpha value is -3.61. The Labute approximate surface area is 177 Å². The van der Waals surface area contributed by atoms with Gasteiger partial charge in [0.05, 0.1) is 11.8 Å². The summed E-state index contributed by atoms with van der Waals surface area (Å²) in [6.07, 6.45) is -0.00933. The van der Waals surface area contributed by atoms with Crippen molar-refractivity contribution in [2.24, 2.45) is 5.10 Å². The summed E-state index contributed by atoms with van der Waals surface area (Å²) in [7, 11) is 0. The van der Waals surface area contributed by atoms with Crippen LogP contribution in [0.25, 0.3) is 0 Å². The summed E-state index contributed by atoms with van der Waals surface area (Å²) in [5.74, 6) is 0.340. The quantitative estimate of drug-likeness (QED) is 0.587. The van der Waals surface area contributed by atoms with Gasteiger partial charge in [0, 0.05) is 23.1 Å². The smallest absolute Gasteiger partial charge is 0.213 e. The molecule has 2 atom stereocenters. The summed E-state index contributed by atoms with van der Waals surface area (Å²) in [6.45, 7) is 1.05. The molecule has 2 unspecified atom stereocenters. The molecule has 0 amide bonds. The molecule has 31 heavy (non-hydrogen) atoms. The van der Waals surface area contributed by atoms with Crippen LogP contribution in [0.5, 0.6) is 17.2 Å². The number of fused-ring (bicyclic) bond motifs is 4. The Bertz CT molecular complexity index is 1210. The average Bonchev–Trinajstić information content (AvgIpc) is 3.26. The number of hydrogen-bond donors (Lipinski definition) is 0.